The number of hydrogen-bond acceptors (Lipinski definition) is 3. The standard InChI is InChI=1S/C53H34N4O2/c58-53(59)39-24-21-34(22-25-39)23-26-40-33-47-50(37-17-9-3-10-18-37)45-30-29-43(55-45)48(35-13-5-1-6-14-35)41-27-28-42(54-41)49(36-15-7-2-8-16-36)44-31-32-46(56-44)51(52(40)57-47)38-19-11-4-12-20-38/h1-22,24-25,27-33,55-56H,(H,58,59). The Kier molecular flexibility index (Phi) is 8.94. The molecule has 0 spiro atoms. The van der Waals surface area contributed by atoms with E-state index in [1.54, 1.807) is 24.3 Å². The van der Waals surface area contributed by atoms with Gasteiger partial charge in [0.05, 0.1) is 33.9 Å². The highest BCUT2D eigenvalue weighted by atomic mass is 16.4. The van der Waals surface area contributed by atoms with Gasteiger partial charge in [0.1, 0.15) is 0 Å². The van der Waals surface area contributed by atoms with Gasteiger partial charge < -0.3 is 15.1 Å². The molecule has 278 valence electrons. The Hall–Kier alpha value is -8.27. The van der Waals surface area contributed by atoms with Crippen LogP contribution in [0.2, 0.25) is 0 Å². The number of aromatic amines is 2. The highest BCUT2D eigenvalue weighted by molar-refractivity contribution is 6.05. The third-order valence-corrected chi connectivity index (χ3v) is 10.6. The molecule has 0 unspecified atom stereocenters. The maximum Gasteiger partial charge on any atom is 0.335 e. The van der Waals surface area contributed by atoms with Gasteiger partial charge in [-0.2, -0.15) is 0 Å². The van der Waals surface area contributed by atoms with Crippen molar-refractivity contribution in [2.45, 2.75) is 0 Å². The minimum Gasteiger partial charge on any atom is -0.478 e. The minimum atomic E-state index is -0.980. The molecule has 5 aromatic carbocycles. The molecule has 0 fully saturated rings. The molecule has 8 aromatic rings. The Morgan fingerprint density at radius 2 is 0.847 bits per heavy atom. The van der Waals surface area contributed by atoms with Crippen molar-refractivity contribution in [3.63, 3.8) is 0 Å². The molecule has 8 bridgehead atoms. The van der Waals surface area contributed by atoms with Gasteiger partial charge in [-0.15, -0.1) is 0 Å². The predicted octanol–water partition coefficient (Wildman–Crippen LogP) is 12.4. The molecule has 0 atom stereocenters. The van der Waals surface area contributed by atoms with E-state index in [1.807, 2.05) is 48.5 Å². The fourth-order valence-electron chi connectivity index (χ4n) is 7.84. The van der Waals surface area contributed by atoms with E-state index in [0.717, 1.165) is 89.2 Å². The maximum atomic E-state index is 11.6. The second-order valence-corrected chi connectivity index (χ2v) is 14.3. The molecule has 59 heavy (non-hydrogen) atoms. The fraction of sp³-hybridized carbons (Fsp3) is 0. The number of carboxylic acid groups (broad SMARTS) is 1. The van der Waals surface area contributed by atoms with Crippen LogP contribution in [0.4, 0.5) is 0 Å². The molecular weight excluding hydrogens is 725 g/mol. The van der Waals surface area contributed by atoms with Crippen LogP contribution in [-0.2, 0) is 0 Å². The molecule has 6 heteroatoms. The maximum absolute atomic E-state index is 11.6. The van der Waals surface area contributed by atoms with Crippen LogP contribution in [0.25, 0.3) is 90.4 Å². The van der Waals surface area contributed by atoms with Crippen LogP contribution < -0.4 is 0 Å². The largest absolute Gasteiger partial charge is 0.478 e. The monoisotopic (exact) mass is 758 g/mol. The predicted molar refractivity (Wildman–Crippen MR) is 240 cm³/mol. The van der Waals surface area contributed by atoms with E-state index in [1.165, 1.54) is 0 Å². The van der Waals surface area contributed by atoms with Gasteiger partial charge in [-0.1, -0.05) is 133 Å². The Balaban J connectivity index is 1.37. The van der Waals surface area contributed by atoms with E-state index in [4.69, 9.17) is 9.97 Å². The van der Waals surface area contributed by atoms with Crippen LogP contribution in [0.1, 0.15) is 38.7 Å². The molecule has 3 aromatic heterocycles. The summed E-state index contributed by atoms with van der Waals surface area (Å²) in [4.78, 5) is 30.1. The van der Waals surface area contributed by atoms with Crippen molar-refractivity contribution in [3.05, 3.63) is 204 Å². The zero-order chi connectivity index (χ0) is 39.7. The number of benzene rings is 5. The lowest BCUT2D eigenvalue weighted by Gasteiger charge is -2.07. The fourth-order valence-corrected chi connectivity index (χ4v) is 7.84. The summed E-state index contributed by atoms with van der Waals surface area (Å²) >= 11 is 0. The van der Waals surface area contributed by atoms with E-state index in [-0.39, 0.29) is 5.56 Å². The first-order chi connectivity index (χ1) is 29.1. The first-order valence-corrected chi connectivity index (χ1v) is 19.3. The summed E-state index contributed by atoms with van der Waals surface area (Å²) in [6, 6.07) is 56.4. The molecule has 0 amide bonds. The summed E-state index contributed by atoms with van der Waals surface area (Å²) in [6.07, 6.45) is 6.28. The number of fused-ring (bicyclic) bond motifs is 8. The van der Waals surface area contributed by atoms with Crippen LogP contribution in [0.15, 0.2) is 170 Å². The third-order valence-electron chi connectivity index (χ3n) is 10.6. The molecule has 2 aliphatic rings. The first kappa shape index (κ1) is 35.2. The van der Waals surface area contributed by atoms with Crippen molar-refractivity contribution in [1.82, 2.24) is 19.9 Å². The third kappa shape index (κ3) is 6.73. The molecule has 0 radical (unpaired) electrons. The lowest BCUT2D eigenvalue weighted by molar-refractivity contribution is 0.0697. The number of allylic oxidation sites excluding steroid dienone is 1. The average Bonchev–Trinajstić information content (AvgIpc) is 4.12. The van der Waals surface area contributed by atoms with Crippen LogP contribution in [0.5, 0.6) is 0 Å². The minimum absolute atomic E-state index is 0.208. The molecule has 10 rings (SSSR count). The molecule has 0 aliphatic carbocycles. The van der Waals surface area contributed by atoms with E-state index >= 15 is 0 Å². The molecule has 2 aliphatic heterocycles. The van der Waals surface area contributed by atoms with E-state index in [2.05, 4.69) is 137 Å². The zero-order valence-corrected chi connectivity index (χ0v) is 31.6. The Bertz CT molecular complexity index is 3210. The number of H-pyrrole nitrogens is 2. The summed E-state index contributed by atoms with van der Waals surface area (Å²) in [7, 11) is 0. The number of nitrogens with one attached hydrogen (secondary N) is 2. The van der Waals surface area contributed by atoms with Crippen molar-refractivity contribution < 1.29 is 9.90 Å². The summed E-state index contributed by atoms with van der Waals surface area (Å²) < 4.78 is 0. The zero-order valence-electron chi connectivity index (χ0n) is 31.6. The molecule has 5 heterocycles. The van der Waals surface area contributed by atoms with Crippen molar-refractivity contribution >= 4 is 51.8 Å². The number of aromatic carboxylic acids is 1. The Labute approximate surface area is 340 Å². The van der Waals surface area contributed by atoms with Gasteiger partial charge in [-0.3, -0.25) is 0 Å². The van der Waals surface area contributed by atoms with Gasteiger partial charge in [-0.25, -0.2) is 14.8 Å². The molecule has 0 saturated heterocycles. The topological polar surface area (TPSA) is 94.7 Å². The normalized spacial score (nSPS) is 11.8. The van der Waals surface area contributed by atoms with Crippen molar-refractivity contribution in [2.75, 3.05) is 0 Å². The highest BCUT2D eigenvalue weighted by Gasteiger charge is 2.22. The van der Waals surface area contributed by atoms with E-state index in [9.17, 15) is 9.90 Å². The smallest absolute Gasteiger partial charge is 0.335 e. The van der Waals surface area contributed by atoms with Gasteiger partial charge in [0.25, 0.3) is 0 Å². The Morgan fingerprint density at radius 3 is 1.29 bits per heavy atom. The molecular formula is C53H34N4O2. The van der Waals surface area contributed by atoms with Crippen molar-refractivity contribution in [1.29, 1.82) is 0 Å². The number of nitrogens with zero attached hydrogens (tertiary/aromatic N) is 2. The highest BCUT2D eigenvalue weighted by Crippen LogP contribution is 2.40. The number of carbonyl (C=O) groups is 1. The van der Waals surface area contributed by atoms with Crippen molar-refractivity contribution in [2.24, 2.45) is 0 Å². The second-order valence-electron chi connectivity index (χ2n) is 14.3. The molecule has 3 N–H and O–H groups in total. The average molecular weight is 759 g/mol. The summed E-state index contributed by atoms with van der Waals surface area (Å²) in [5.74, 6) is 5.80. The van der Waals surface area contributed by atoms with Gasteiger partial charge in [0.2, 0.25) is 0 Å². The summed E-state index contributed by atoms with van der Waals surface area (Å²) in [6.45, 7) is 0. The van der Waals surface area contributed by atoms with Gasteiger partial charge >= 0.3 is 5.97 Å². The van der Waals surface area contributed by atoms with E-state index < -0.39 is 5.97 Å². The quantitative estimate of drug-likeness (QED) is 0.152. The summed E-state index contributed by atoms with van der Waals surface area (Å²) in [5.41, 5.74) is 16.2. The molecule has 0 saturated carbocycles. The second kappa shape index (κ2) is 15.0. The van der Waals surface area contributed by atoms with Gasteiger partial charge in [-0.05, 0) is 89.0 Å². The van der Waals surface area contributed by atoms with Crippen LogP contribution in [0, 0.1) is 11.8 Å². The van der Waals surface area contributed by atoms with Gasteiger partial charge in [0.15, 0.2) is 0 Å². The van der Waals surface area contributed by atoms with Crippen molar-refractivity contribution in [3.8, 4) is 56.3 Å². The summed E-state index contributed by atoms with van der Waals surface area (Å²) in [5, 5.41) is 9.51. The van der Waals surface area contributed by atoms with Gasteiger partial charge in [0, 0.05) is 49.9 Å². The van der Waals surface area contributed by atoms with E-state index in [0.29, 0.717) is 11.3 Å². The Morgan fingerprint density at radius 1 is 0.441 bits per heavy atom. The number of hydrogen-bond donors (Lipinski definition) is 3. The first-order valence-electron chi connectivity index (χ1n) is 19.3. The van der Waals surface area contributed by atoms with Crippen LogP contribution >= 0.6 is 0 Å². The lowest BCUT2D eigenvalue weighted by atomic mass is 9.99. The molecule has 6 nitrogen and oxygen atoms in total. The number of carboxylic acids is 1. The van der Waals surface area contributed by atoms with Crippen LogP contribution in [-0.4, -0.2) is 31.0 Å². The number of rotatable bonds is 5. The SMILES string of the molecule is O=C(O)c1ccc(C#CC2=Cc3nc2c(-c2ccccc2)c2ccc([nH]2)c(-c2ccccc2)c2nc(c(-c4ccccc4)c4ccc([nH]4)c3-c3ccccc3)C=C2)cc1. The lowest BCUT2D eigenvalue weighted by Crippen LogP contribution is -1.94. The van der Waals surface area contributed by atoms with Crippen LogP contribution in [0.3, 0.4) is 0 Å². The number of aromatic nitrogens is 4.